The van der Waals surface area contributed by atoms with Crippen LogP contribution in [-0.2, 0) is 18.2 Å². The molecule has 33 heavy (non-hydrogen) atoms. The lowest BCUT2D eigenvalue weighted by Crippen LogP contribution is -2.43. The van der Waals surface area contributed by atoms with Crippen LogP contribution >= 0.6 is 23.8 Å². The smallest absolute Gasteiger partial charge is 0.357 e. The molecule has 0 heterocycles. The van der Waals surface area contributed by atoms with Crippen LogP contribution in [0.2, 0.25) is 0 Å². The van der Waals surface area contributed by atoms with Crippen molar-refractivity contribution < 1.29 is 47.8 Å². The van der Waals surface area contributed by atoms with E-state index in [0.717, 1.165) is 12.8 Å². The van der Waals surface area contributed by atoms with Crippen molar-refractivity contribution in [2.45, 2.75) is 123 Å². The van der Waals surface area contributed by atoms with Crippen LogP contribution in [0.15, 0.2) is 0 Å². The minimum atomic E-state index is -5.12. The first-order valence-corrected chi connectivity index (χ1v) is 16.0. The van der Waals surface area contributed by atoms with Crippen molar-refractivity contribution in [2.75, 3.05) is 0 Å². The maximum absolute atomic E-state index is 11.9. The Morgan fingerprint density at radius 1 is 0.848 bits per heavy atom. The number of aliphatic hydroxyl groups is 1. The molecule has 0 fully saturated rings. The number of hydrogen-bond donors (Lipinski definition) is 6. The van der Waals surface area contributed by atoms with Gasteiger partial charge in [-0.05, 0) is 46.5 Å². The molecule has 6 N–H and O–H groups in total. The molecule has 0 aromatic rings. The zero-order chi connectivity index (χ0) is 26.5. The third-order valence-corrected chi connectivity index (χ3v) is 9.42. The third kappa shape index (κ3) is 15.3. The lowest BCUT2D eigenvalue weighted by molar-refractivity contribution is 0.0492. The molecule has 0 saturated heterocycles. The largest absolute Gasteiger partial charge is 0.377 e. The fraction of sp³-hybridized carbons (Fsp3) is 1.00. The molecule has 0 spiro atoms. The van der Waals surface area contributed by atoms with Crippen LogP contribution in [-0.4, -0.2) is 52.8 Å². The summed E-state index contributed by atoms with van der Waals surface area (Å²) in [5.74, 6) is -0.191. The van der Waals surface area contributed by atoms with Gasteiger partial charge in [-0.15, -0.1) is 0 Å². The van der Waals surface area contributed by atoms with Gasteiger partial charge < -0.3 is 38.6 Å². The number of rotatable bonds is 16. The van der Waals surface area contributed by atoms with Gasteiger partial charge in [0.2, 0.25) is 0 Å². The van der Waals surface area contributed by atoms with E-state index in [1.165, 1.54) is 0 Å². The van der Waals surface area contributed by atoms with Gasteiger partial charge in [0.1, 0.15) is 5.66 Å². The molecule has 0 rings (SSSR count). The molecule has 0 radical (unpaired) electrons. The first-order valence-electron chi connectivity index (χ1n) is 11.6. The molecule has 0 aliphatic carbocycles. The molecule has 3 unspecified atom stereocenters. The van der Waals surface area contributed by atoms with Crippen molar-refractivity contribution in [3.05, 3.63) is 0 Å². The fourth-order valence-electron chi connectivity index (χ4n) is 3.27. The predicted octanol–water partition coefficient (Wildman–Crippen LogP) is 5.25. The molecule has 202 valence electrons. The van der Waals surface area contributed by atoms with Crippen LogP contribution in [0.25, 0.3) is 0 Å². The van der Waals surface area contributed by atoms with Gasteiger partial charge >= 0.3 is 23.8 Å². The summed E-state index contributed by atoms with van der Waals surface area (Å²) in [5.41, 5.74) is -1.74. The van der Waals surface area contributed by atoms with Crippen LogP contribution in [0, 0.1) is 5.92 Å². The number of hydrogen-bond acceptors (Lipinski definition) is 6. The predicted molar refractivity (Wildman–Crippen MR) is 132 cm³/mol. The van der Waals surface area contributed by atoms with Gasteiger partial charge in [-0.1, -0.05) is 59.3 Å². The maximum atomic E-state index is 11.9. The molecule has 13 heteroatoms. The van der Waals surface area contributed by atoms with Crippen LogP contribution in [0.3, 0.4) is 0 Å². The van der Waals surface area contributed by atoms with Gasteiger partial charge in [-0.25, -0.2) is 0 Å². The van der Waals surface area contributed by atoms with E-state index in [0.29, 0.717) is 25.7 Å². The van der Waals surface area contributed by atoms with Gasteiger partial charge in [0.15, 0.2) is 5.34 Å². The summed E-state index contributed by atoms with van der Waals surface area (Å²) >= 11 is 0. The summed E-state index contributed by atoms with van der Waals surface area (Å²) in [5, 5.41) is 8.03. The Labute approximate surface area is 200 Å². The maximum Gasteiger partial charge on any atom is 0.357 e. The van der Waals surface area contributed by atoms with E-state index in [-0.39, 0.29) is 31.0 Å². The fourth-order valence-corrected chi connectivity index (χ4v) is 7.12. The summed E-state index contributed by atoms with van der Waals surface area (Å²) < 4.78 is 33.7. The minimum Gasteiger partial charge on any atom is -0.377 e. The van der Waals surface area contributed by atoms with E-state index in [9.17, 15) is 33.8 Å². The molecule has 10 nitrogen and oxygen atoms in total. The standard InChI is InChI=1S/C14H32O7P2.C6H15O3P/c1-4-7-9-12(6-3)11-14(15,23(19,20)21)13(10-8-5-2)22(16,17)18;1-5(2)8-10(7)9-6(3)4/h12-13,15H,4-11H2,1-3H3,(H2,16,17,18)(H2,19,20,21);5-7H,1-4H3. The van der Waals surface area contributed by atoms with Crippen LogP contribution in [0.5, 0.6) is 0 Å². The highest BCUT2D eigenvalue weighted by Crippen LogP contribution is 2.63. The van der Waals surface area contributed by atoms with E-state index in [2.05, 4.69) is 0 Å². The van der Waals surface area contributed by atoms with E-state index < -0.39 is 34.8 Å². The highest BCUT2D eigenvalue weighted by Gasteiger charge is 2.57. The molecule has 0 aliphatic rings. The van der Waals surface area contributed by atoms with Crippen molar-refractivity contribution in [1.29, 1.82) is 0 Å². The van der Waals surface area contributed by atoms with Crippen molar-refractivity contribution >= 4 is 23.8 Å². The lowest BCUT2D eigenvalue weighted by Gasteiger charge is -2.38. The highest BCUT2D eigenvalue weighted by atomic mass is 31.2. The number of unbranched alkanes of at least 4 members (excludes halogenated alkanes) is 2. The monoisotopic (exact) mass is 540 g/mol. The SMILES string of the molecule is CC(C)OP(O)OC(C)C.CCCCC(CC)CC(O)(C(CCCC)P(=O)(O)O)P(=O)(O)O. The first-order chi connectivity index (χ1) is 15.0. The van der Waals surface area contributed by atoms with Gasteiger partial charge in [0.05, 0.1) is 12.2 Å². The van der Waals surface area contributed by atoms with Crippen molar-refractivity contribution in [3.8, 4) is 0 Å². The Hall–Kier alpha value is 0.570. The quantitative estimate of drug-likeness (QED) is 0.142. The summed E-state index contributed by atoms with van der Waals surface area (Å²) in [6, 6.07) is 0. The van der Waals surface area contributed by atoms with Crippen molar-refractivity contribution in [3.63, 3.8) is 0 Å². The van der Waals surface area contributed by atoms with Gasteiger partial charge in [0, 0.05) is 0 Å². The Bertz CT molecular complexity index is 583. The minimum absolute atomic E-state index is 0.0230. The summed E-state index contributed by atoms with van der Waals surface area (Å²) in [4.78, 5) is 47.5. The zero-order valence-corrected chi connectivity index (χ0v) is 23.8. The van der Waals surface area contributed by atoms with Crippen LogP contribution < -0.4 is 0 Å². The molecule has 3 atom stereocenters. The average molecular weight is 541 g/mol. The second-order valence-corrected chi connectivity index (χ2v) is 13.4. The van der Waals surface area contributed by atoms with E-state index in [4.69, 9.17) is 13.9 Å². The summed E-state index contributed by atoms with van der Waals surface area (Å²) in [6.07, 6.45) is 3.61. The Morgan fingerprint density at radius 3 is 1.58 bits per heavy atom. The second kappa shape index (κ2) is 17.1. The molecule has 0 bridgehead atoms. The summed E-state index contributed by atoms with van der Waals surface area (Å²) in [7, 11) is -11.6. The molecule has 0 aliphatic heterocycles. The van der Waals surface area contributed by atoms with Crippen LogP contribution in [0.1, 0.15) is 99.8 Å². The lowest BCUT2D eigenvalue weighted by atomic mass is 9.90. The molecular weight excluding hydrogens is 493 g/mol. The molecule has 0 aromatic carbocycles. The van der Waals surface area contributed by atoms with Gasteiger partial charge in [-0.2, -0.15) is 0 Å². The van der Waals surface area contributed by atoms with Gasteiger partial charge in [0.25, 0.3) is 0 Å². The van der Waals surface area contributed by atoms with E-state index in [1.54, 1.807) is 0 Å². The van der Waals surface area contributed by atoms with Gasteiger partial charge in [-0.3, -0.25) is 9.13 Å². The first kappa shape index (κ1) is 35.7. The highest BCUT2D eigenvalue weighted by molar-refractivity contribution is 7.57. The summed E-state index contributed by atoms with van der Waals surface area (Å²) in [6.45, 7) is 13.1. The molecule has 0 amide bonds. The Balaban J connectivity index is 0. The van der Waals surface area contributed by atoms with Crippen LogP contribution in [0.4, 0.5) is 0 Å². The van der Waals surface area contributed by atoms with E-state index in [1.807, 2.05) is 48.5 Å². The Morgan fingerprint density at radius 2 is 1.27 bits per heavy atom. The van der Waals surface area contributed by atoms with E-state index >= 15 is 0 Å². The second-order valence-electron chi connectivity index (χ2n) is 8.84. The Kier molecular flexibility index (Phi) is 18.5. The average Bonchev–Trinajstić information content (AvgIpc) is 2.62. The normalized spacial score (nSPS) is 16.5. The molecular formula is C20H47O10P3. The topological polar surface area (TPSA) is 174 Å². The third-order valence-electron chi connectivity index (χ3n) is 5.01. The molecule has 0 aromatic heterocycles. The van der Waals surface area contributed by atoms with Crippen molar-refractivity contribution in [1.82, 2.24) is 0 Å². The zero-order valence-electron chi connectivity index (χ0n) is 21.1. The molecule has 0 saturated carbocycles. The van der Waals surface area contributed by atoms with Crippen molar-refractivity contribution in [2.24, 2.45) is 5.92 Å².